The Hall–Kier alpha value is -1.18. The Morgan fingerprint density at radius 1 is 0.913 bits per heavy atom. The van der Waals surface area contributed by atoms with Gasteiger partial charge < -0.3 is 26.2 Å². The summed E-state index contributed by atoms with van der Waals surface area (Å²) in [4.78, 5) is 19.5. The molecule has 4 saturated carbocycles. The van der Waals surface area contributed by atoms with Crippen molar-refractivity contribution in [3.8, 4) is 0 Å². The van der Waals surface area contributed by atoms with E-state index in [-0.39, 0.29) is 5.54 Å². The van der Waals surface area contributed by atoms with Crippen LogP contribution < -0.4 is 5.73 Å². The van der Waals surface area contributed by atoms with Gasteiger partial charge in [-0.25, -0.2) is 9.59 Å². The first-order valence-electron chi connectivity index (χ1n) is 7.98. The lowest BCUT2D eigenvalue weighted by molar-refractivity contribution is -0.165. The third kappa shape index (κ3) is 3.84. The van der Waals surface area contributed by atoms with Crippen molar-refractivity contribution >= 4 is 11.9 Å². The second-order valence-electron chi connectivity index (χ2n) is 8.56. The number of carbonyl (C=O) groups is 2. The van der Waals surface area contributed by atoms with E-state index in [1.165, 1.54) is 38.5 Å². The maximum atomic E-state index is 9.77. The number of carboxylic acids is 2. The molecule has 0 radical (unpaired) electrons. The maximum absolute atomic E-state index is 9.77. The summed E-state index contributed by atoms with van der Waals surface area (Å²) in [5, 5.41) is 32.5. The minimum absolute atomic E-state index is 0.225. The Bertz CT molecular complexity index is 438. The first kappa shape index (κ1) is 18.2. The maximum Gasteiger partial charge on any atom is 0.335 e. The Labute approximate surface area is 135 Å². The molecule has 0 amide bonds. The van der Waals surface area contributed by atoms with E-state index in [0.717, 1.165) is 5.92 Å². The van der Waals surface area contributed by atoms with Gasteiger partial charge in [0.1, 0.15) is 0 Å². The molecular weight excluding hydrogens is 302 g/mol. The van der Waals surface area contributed by atoms with Crippen LogP contribution in [0.3, 0.4) is 0 Å². The molecule has 4 aliphatic carbocycles. The van der Waals surface area contributed by atoms with Crippen molar-refractivity contribution in [1.82, 2.24) is 0 Å². The summed E-state index contributed by atoms with van der Waals surface area (Å²) in [6.45, 7) is 4.94. The fraction of sp³-hybridized carbons (Fsp3) is 0.875. The quantitative estimate of drug-likeness (QED) is 0.509. The second-order valence-corrected chi connectivity index (χ2v) is 8.56. The lowest BCUT2D eigenvalue weighted by Gasteiger charge is -2.64. The Kier molecular flexibility index (Phi) is 4.52. The lowest BCUT2D eigenvalue weighted by atomic mass is 9.43. The summed E-state index contributed by atoms with van der Waals surface area (Å²) in [5.41, 5.74) is 7.92. The topological polar surface area (TPSA) is 141 Å². The average Bonchev–Trinajstić information content (AvgIpc) is 2.31. The molecule has 0 heterocycles. The predicted octanol–water partition coefficient (Wildman–Crippen LogP) is 0.572. The van der Waals surface area contributed by atoms with E-state index in [4.69, 9.17) is 26.2 Å². The van der Waals surface area contributed by atoms with Crippen molar-refractivity contribution < 1.29 is 30.0 Å². The molecule has 4 aliphatic rings. The van der Waals surface area contributed by atoms with Gasteiger partial charge in [-0.3, -0.25) is 0 Å². The van der Waals surface area contributed by atoms with E-state index >= 15 is 0 Å². The van der Waals surface area contributed by atoms with Crippen molar-refractivity contribution in [2.45, 2.75) is 70.1 Å². The van der Waals surface area contributed by atoms with Gasteiger partial charge in [-0.1, -0.05) is 13.8 Å². The molecule has 4 bridgehead atoms. The van der Waals surface area contributed by atoms with Gasteiger partial charge in [0.2, 0.25) is 0 Å². The molecule has 132 valence electrons. The molecule has 0 spiro atoms. The average molecular weight is 329 g/mol. The third-order valence-corrected chi connectivity index (χ3v) is 5.47. The molecule has 4 fully saturated rings. The molecule has 0 aromatic heterocycles. The normalized spacial score (nSPS) is 43.3. The monoisotopic (exact) mass is 329 g/mol. The molecule has 23 heavy (non-hydrogen) atoms. The van der Waals surface area contributed by atoms with Crippen LogP contribution in [-0.2, 0) is 9.59 Å². The number of aliphatic hydroxyl groups excluding tert-OH is 2. The first-order chi connectivity index (χ1) is 10.4. The second kappa shape index (κ2) is 5.72. The zero-order valence-electron chi connectivity index (χ0n) is 13.7. The molecule has 4 rings (SSSR count). The summed E-state index contributed by atoms with van der Waals surface area (Å²) >= 11 is 0. The number of carboxylic acid groups (broad SMARTS) is 2. The molecule has 6 N–H and O–H groups in total. The van der Waals surface area contributed by atoms with Crippen LogP contribution in [-0.4, -0.2) is 50.1 Å². The van der Waals surface area contributed by atoms with Crippen molar-refractivity contribution in [2.24, 2.45) is 22.5 Å². The number of nitrogens with two attached hydrogens (primary N) is 1. The fourth-order valence-corrected chi connectivity index (χ4v) is 5.81. The van der Waals surface area contributed by atoms with Crippen LogP contribution >= 0.6 is 0 Å². The van der Waals surface area contributed by atoms with E-state index in [2.05, 4.69) is 13.8 Å². The first-order valence-corrected chi connectivity index (χ1v) is 7.98. The van der Waals surface area contributed by atoms with Gasteiger partial charge in [0.25, 0.3) is 0 Å². The zero-order chi connectivity index (χ0) is 17.6. The smallest absolute Gasteiger partial charge is 0.335 e. The van der Waals surface area contributed by atoms with Gasteiger partial charge in [-0.15, -0.1) is 0 Å². The summed E-state index contributed by atoms with van der Waals surface area (Å²) < 4.78 is 0. The van der Waals surface area contributed by atoms with E-state index < -0.39 is 24.1 Å². The van der Waals surface area contributed by atoms with Crippen LogP contribution in [0.25, 0.3) is 0 Å². The Morgan fingerprint density at radius 2 is 1.30 bits per heavy atom. The van der Waals surface area contributed by atoms with Crippen molar-refractivity contribution in [2.75, 3.05) is 0 Å². The van der Waals surface area contributed by atoms with Crippen LogP contribution in [0.2, 0.25) is 0 Å². The van der Waals surface area contributed by atoms with E-state index in [9.17, 15) is 9.59 Å². The minimum Gasteiger partial charge on any atom is -0.479 e. The lowest BCUT2D eigenvalue weighted by Crippen LogP contribution is -2.62. The summed E-state index contributed by atoms with van der Waals surface area (Å²) in [7, 11) is 0. The summed E-state index contributed by atoms with van der Waals surface area (Å²) in [5.74, 6) is -2.58. The molecule has 7 heteroatoms. The van der Waals surface area contributed by atoms with E-state index in [1.54, 1.807) is 0 Å². The fourth-order valence-electron chi connectivity index (χ4n) is 5.81. The highest BCUT2D eigenvalue weighted by molar-refractivity contribution is 5.83. The molecule has 0 saturated heterocycles. The zero-order valence-corrected chi connectivity index (χ0v) is 13.7. The summed E-state index contributed by atoms with van der Waals surface area (Å²) in [6.07, 6.45) is 3.74. The van der Waals surface area contributed by atoms with Gasteiger partial charge in [0, 0.05) is 5.54 Å². The van der Waals surface area contributed by atoms with Crippen molar-refractivity contribution in [3.05, 3.63) is 0 Å². The molecular formula is C16H27NO6. The highest BCUT2D eigenvalue weighted by Gasteiger charge is 2.58. The van der Waals surface area contributed by atoms with Gasteiger partial charge in [-0.2, -0.15) is 0 Å². The third-order valence-electron chi connectivity index (χ3n) is 5.47. The predicted molar refractivity (Wildman–Crippen MR) is 81.6 cm³/mol. The molecule has 7 nitrogen and oxygen atoms in total. The number of hydrogen-bond donors (Lipinski definition) is 5. The van der Waals surface area contributed by atoms with Crippen LogP contribution in [0, 0.1) is 16.7 Å². The number of aliphatic hydroxyl groups is 2. The Balaban J connectivity index is 0.000000175. The summed E-state index contributed by atoms with van der Waals surface area (Å²) in [6, 6.07) is 0. The standard InChI is InChI=1S/C12H21N.C4H6O6/c1-10-3-9-4-11(2,6-10)8-12(13,5-9)7-10;5-1(3(7)8)2(6)4(9)10/h9H,3-8,13H2,1-2H3;1-2,5-6H,(H,7,8)(H,9,10). The van der Waals surface area contributed by atoms with Crippen LogP contribution in [0.4, 0.5) is 0 Å². The minimum atomic E-state index is -2.27. The number of hydrogen-bond acceptors (Lipinski definition) is 5. The molecule has 4 unspecified atom stereocenters. The van der Waals surface area contributed by atoms with Crippen molar-refractivity contribution in [3.63, 3.8) is 0 Å². The van der Waals surface area contributed by atoms with Crippen LogP contribution in [0.15, 0.2) is 0 Å². The van der Waals surface area contributed by atoms with E-state index in [0.29, 0.717) is 10.8 Å². The van der Waals surface area contributed by atoms with Crippen molar-refractivity contribution in [1.29, 1.82) is 0 Å². The van der Waals surface area contributed by atoms with Gasteiger partial charge >= 0.3 is 11.9 Å². The van der Waals surface area contributed by atoms with Gasteiger partial charge in [0.05, 0.1) is 0 Å². The number of aliphatic carboxylic acids is 2. The van der Waals surface area contributed by atoms with E-state index in [1.807, 2.05) is 0 Å². The SMILES string of the molecule is CC12CC3CC(C)(C1)CC(N)(C3)C2.O=C(O)C(O)C(O)C(=O)O. The van der Waals surface area contributed by atoms with Gasteiger partial charge in [-0.05, 0) is 55.3 Å². The Morgan fingerprint density at radius 3 is 1.57 bits per heavy atom. The highest BCUT2D eigenvalue weighted by Crippen LogP contribution is 2.65. The molecule has 0 aliphatic heterocycles. The molecule has 0 aromatic carbocycles. The molecule has 0 aromatic rings. The largest absolute Gasteiger partial charge is 0.479 e. The molecule has 4 atom stereocenters. The van der Waals surface area contributed by atoms with Crippen LogP contribution in [0.5, 0.6) is 0 Å². The number of rotatable bonds is 3. The van der Waals surface area contributed by atoms with Crippen LogP contribution in [0.1, 0.15) is 52.4 Å². The van der Waals surface area contributed by atoms with Gasteiger partial charge in [0.15, 0.2) is 12.2 Å². The highest BCUT2D eigenvalue weighted by atomic mass is 16.4.